The molecule has 0 aromatic carbocycles. The molecule has 0 spiro atoms. The molecule has 3 rings (SSSR count). The van der Waals surface area contributed by atoms with Crippen LogP contribution >= 0.6 is 0 Å². The second-order valence-electron chi connectivity index (χ2n) is 6.77. The Morgan fingerprint density at radius 2 is 1.95 bits per heavy atom. The Bertz CT molecular complexity index is 510. The first-order chi connectivity index (χ1) is 10.3. The van der Waals surface area contributed by atoms with E-state index in [1.54, 1.807) is 16.7 Å². The van der Waals surface area contributed by atoms with E-state index >= 15 is 0 Å². The van der Waals surface area contributed by atoms with Gasteiger partial charge in [0.05, 0.1) is 0 Å². The Labute approximate surface area is 130 Å². The van der Waals surface area contributed by atoms with E-state index in [1.165, 1.54) is 44.9 Å². The monoisotopic (exact) mass is 280 g/mol. The Morgan fingerprint density at radius 1 is 1.00 bits per heavy atom. The minimum atomic E-state index is 0.625. The topological polar surface area (TPSA) is 0 Å². The minimum absolute atomic E-state index is 0.625. The summed E-state index contributed by atoms with van der Waals surface area (Å²) < 4.78 is 0. The molecule has 21 heavy (non-hydrogen) atoms. The van der Waals surface area contributed by atoms with E-state index in [0.717, 1.165) is 6.42 Å². The molecule has 0 heteroatoms. The van der Waals surface area contributed by atoms with Gasteiger partial charge in [-0.1, -0.05) is 53.7 Å². The average Bonchev–Trinajstić information content (AvgIpc) is 2.78. The molecule has 0 aromatic heterocycles. The van der Waals surface area contributed by atoms with Gasteiger partial charge in [0.15, 0.2) is 0 Å². The van der Waals surface area contributed by atoms with Crippen LogP contribution in [0.25, 0.3) is 0 Å². The number of hydrogen-bond acceptors (Lipinski definition) is 0. The van der Waals surface area contributed by atoms with Crippen LogP contribution in [0.4, 0.5) is 0 Å². The van der Waals surface area contributed by atoms with Crippen molar-refractivity contribution in [2.24, 2.45) is 11.8 Å². The lowest BCUT2D eigenvalue weighted by atomic mass is 9.73. The third kappa shape index (κ3) is 3.67. The fourth-order valence-electron chi connectivity index (χ4n) is 3.99. The summed E-state index contributed by atoms with van der Waals surface area (Å²) in [5, 5.41) is 0. The lowest BCUT2D eigenvalue weighted by Crippen LogP contribution is -2.20. The highest BCUT2D eigenvalue weighted by Crippen LogP contribution is 2.40. The van der Waals surface area contributed by atoms with Crippen molar-refractivity contribution < 1.29 is 0 Å². The van der Waals surface area contributed by atoms with Gasteiger partial charge >= 0.3 is 0 Å². The van der Waals surface area contributed by atoms with E-state index in [4.69, 9.17) is 0 Å². The lowest BCUT2D eigenvalue weighted by Gasteiger charge is -2.31. The van der Waals surface area contributed by atoms with Crippen LogP contribution in [0.15, 0.2) is 59.3 Å². The van der Waals surface area contributed by atoms with Gasteiger partial charge in [-0.3, -0.25) is 0 Å². The van der Waals surface area contributed by atoms with Gasteiger partial charge < -0.3 is 0 Å². The van der Waals surface area contributed by atoms with E-state index < -0.39 is 0 Å². The Kier molecular flexibility index (Phi) is 4.95. The summed E-state index contributed by atoms with van der Waals surface area (Å²) in [7, 11) is 0. The quantitative estimate of drug-likeness (QED) is 0.533. The lowest BCUT2D eigenvalue weighted by molar-refractivity contribution is 0.445. The molecule has 0 fully saturated rings. The van der Waals surface area contributed by atoms with Crippen LogP contribution in [0.3, 0.4) is 0 Å². The van der Waals surface area contributed by atoms with Crippen molar-refractivity contribution in [1.29, 1.82) is 0 Å². The highest BCUT2D eigenvalue weighted by atomic mass is 14.3. The zero-order valence-electron chi connectivity index (χ0n) is 13.4. The van der Waals surface area contributed by atoms with E-state index in [1.807, 2.05) is 0 Å². The molecule has 0 radical (unpaired) electrons. The zero-order valence-corrected chi connectivity index (χ0v) is 13.4. The third-order valence-electron chi connectivity index (χ3n) is 5.07. The van der Waals surface area contributed by atoms with Crippen molar-refractivity contribution in [3.8, 4) is 0 Å². The van der Waals surface area contributed by atoms with Crippen LogP contribution in [0.1, 0.15) is 58.3 Å². The number of hydrogen-bond donors (Lipinski definition) is 0. The minimum Gasteiger partial charge on any atom is -0.0882 e. The zero-order chi connectivity index (χ0) is 14.5. The van der Waals surface area contributed by atoms with Crippen LogP contribution in [0, 0.1) is 11.8 Å². The summed E-state index contributed by atoms with van der Waals surface area (Å²) in [5.74, 6) is 1.34. The second-order valence-corrected chi connectivity index (χ2v) is 6.77. The van der Waals surface area contributed by atoms with Crippen molar-refractivity contribution in [3.63, 3.8) is 0 Å². The maximum absolute atomic E-state index is 2.53. The molecule has 0 amide bonds. The van der Waals surface area contributed by atoms with Crippen LogP contribution in [0.5, 0.6) is 0 Å². The van der Waals surface area contributed by atoms with E-state index in [0.29, 0.717) is 11.8 Å². The molecule has 3 aliphatic carbocycles. The van der Waals surface area contributed by atoms with Gasteiger partial charge in [-0.05, 0) is 69.8 Å². The highest BCUT2D eigenvalue weighted by Gasteiger charge is 2.27. The first-order valence-corrected chi connectivity index (χ1v) is 8.72. The fourth-order valence-corrected chi connectivity index (χ4v) is 3.99. The Hall–Kier alpha value is -1.30. The first-order valence-electron chi connectivity index (χ1n) is 8.72. The van der Waals surface area contributed by atoms with Crippen molar-refractivity contribution in [3.05, 3.63) is 59.3 Å². The van der Waals surface area contributed by atoms with Crippen LogP contribution in [0.2, 0.25) is 0 Å². The maximum atomic E-state index is 2.53. The van der Waals surface area contributed by atoms with E-state index in [9.17, 15) is 0 Å². The van der Waals surface area contributed by atoms with Gasteiger partial charge in [-0.15, -0.1) is 0 Å². The molecule has 0 aliphatic heterocycles. The predicted octanol–water partition coefficient (Wildman–Crippen LogP) is 6.29. The predicted molar refractivity (Wildman–Crippen MR) is 92.1 cm³/mol. The molecule has 112 valence electrons. The summed E-state index contributed by atoms with van der Waals surface area (Å²) in [4.78, 5) is 0. The largest absolute Gasteiger partial charge is 0.0882 e. The molecule has 2 atom stereocenters. The highest BCUT2D eigenvalue weighted by molar-refractivity contribution is 5.37. The summed E-state index contributed by atoms with van der Waals surface area (Å²) in [6.07, 6.45) is 27.2. The normalized spacial score (nSPS) is 27.5. The molecule has 0 aromatic rings. The van der Waals surface area contributed by atoms with Crippen molar-refractivity contribution in [2.45, 2.75) is 58.3 Å². The molecule has 0 nitrogen and oxygen atoms in total. The van der Waals surface area contributed by atoms with Crippen molar-refractivity contribution in [2.75, 3.05) is 0 Å². The van der Waals surface area contributed by atoms with E-state index in [-0.39, 0.29) is 0 Å². The summed E-state index contributed by atoms with van der Waals surface area (Å²) in [6.45, 7) is 2.29. The number of rotatable bonds is 3. The molecule has 0 saturated carbocycles. The Balaban J connectivity index is 1.92. The Morgan fingerprint density at radius 3 is 2.76 bits per heavy atom. The molecule has 0 heterocycles. The van der Waals surface area contributed by atoms with Gasteiger partial charge in [-0.25, -0.2) is 0 Å². The summed E-state index contributed by atoms with van der Waals surface area (Å²) in [5.41, 5.74) is 4.82. The fraction of sp³-hybridized carbons (Fsp3) is 0.524. The average molecular weight is 280 g/mol. The first kappa shape index (κ1) is 14.6. The second kappa shape index (κ2) is 7.11. The van der Waals surface area contributed by atoms with Crippen LogP contribution in [-0.4, -0.2) is 0 Å². The van der Waals surface area contributed by atoms with Gasteiger partial charge in [0, 0.05) is 5.92 Å². The van der Waals surface area contributed by atoms with Gasteiger partial charge in [0.25, 0.3) is 0 Å². The third-order valence-corrected chi connectivity index (χ3v) is 5.07. The molecule has 0 bridgehead atoms. The smallest absolute Gasteiger partial charge is 0.0111 e. The van der Waals surface area contributed by atoms with Gasteiger partial charge in [0.2, 0.25) is 0 Å². The molecule has 3 aliphatic rings. The van der Waals surface area contributed by atoms with Crippen molar-refractivity contribution >= 4 is 0 Å². The van der Waals surface area contributed by atoms with Crippen LogP contribution in [-0.2, 0) is 0 Å². The molecule has 0 N–H and O–H groups in total. The summed E-state index contributed by atoms with van der Waals surface area (Å²) in [6, 6.07) is 0. The van der Waals surface area contributed by atoms with E-state index in [2.05, 4.69) is 49.5 Å². The molecular formula is C21H28. The standard InChI is InChI=1S/C21H28/c1-17-10-9-15-20(16-17)21(19-13-7-4-8-14-19)18-11-5-2-3-6-12-18/h2,5,7,12-13,15-16,19,21H,3-4,6,8-11,14H2,1H3. The molecular weight excluding hydrogens is 252 g/mol. The van der Waals surface area contributed by atoms with Gasteiger partial charge in [-0.2, -0.15) is 0 Å². The maximum Gasteiger partial charge on any atom is 0.0111 e. The molecule has 2 unspecified atom stereocenters. The SMILES string of the molecule is CC1=CC(C(C2=CCCC=CC2)C2C=CCCC2)=CCC1. The molecule has 0 saturated heterocycles. The number of allylic oxidation sites excluding steroid dienone is 10. The van der Waals surface area contributed by atoms with Crippen molar-refractivity contribution in [1.82, 2.24) is 0 Å². The summed E-state index contributed by atoms with van der Waals surface area (Å²) >= 11 is 0. The van der Waals surface area contributed by atoms with Crippen LogP contribution < -0.4 is 0 Å². The van der Waals surface area contributed by atoms with Gasteiger partial charge in [0.1, 0.15) is 0 Å².